The Morgan fingerprint density at radius 2 is 2.38 bits per heavy atom. The summed E-state index contributed by atoms with van der Waals surface area (Å²) in [6.07, 6.45) is 4.98. The second kappa shape index (κ2) is 2.87. The van der Waals surface area contributed by atoms with Gasteiger partial charge in [0.2, 0.25) is 5.97 Å². The summed E-state index contributed by atoms with van der Waals surface area (Å²) in [6, 6.07) is 0. The van der Waals surface area contributed by atoms with E-state index in [4.69, 9.17) is 0 Å². The van der Waals surface area contributed by atoms with Crippen LogP contribution in [0.4, 0.5) is 4.39 Å². The van der Waals surface area contributed by atoms with E-state index in [0.29, 0.717) is 5.92 Å². The van der Waals surface area contributed by atoms with Gasteiger partial charge in [-0.25, -0.2) is 5.01 Å². The average molecular weight is 181 g/mol. The molecule has 0 saturated carbocycles. The standard InChI is InChI=1S/C9H12FN3/c1-6(2)7-5-13-9(11-7)4-3-8(10)12-13/h3-6,9,11H,1-2H3. The van der Waals surface area contributed by atoms with Crippen LogP contribution in [0, 0.1) is 5.92 Å². The predicted octanol–water partition coefficient (Wildman–Crippen LogP) is 1.57. The normalized spacial score (nSPS) is 25.5. The highest BCUT2D eigenvalue weighted by molar-refractivity contribution is 5.87. The number of allylic oxidation sites excluding steroid dienone is 2. The fraction of sp³-hybridized carbons (Fsp3) is 0.444. The molecule has 2 aliphatic heterocycles. The molecule has 0 saturated heterocycles. The van der Waals surface area contributed by atoms with E-state index in [1.165, 1.54) is 6.08 Å². The van der Waals surface area contributed by atoms with E-state index < -0.39 is 5.97 Å². The molecule has 2 aliphatic rings. The number of hydrogen-bond donors (Lipinski definition) is 1. The Balaban J connectivity index is 2.19. The predicted molar refractivity (Wildman–Crippen MR) is 49.4 cm³/mol. The van der Waals surface area contributed by atoms with Crippen molar-refractivity contribution in [3.8, 4) is 0 Å². The zero-order valence-corrected chi connectivity index (χ0v) is 7.66. The summed E-state index contributed by atoms with van der Waals surface area (Å²) in [5.41, 5.74) is 1.09. The van der Waals surface area contributed by atoms with Crippen LogP contribution in [-0.2, 0) is 0 Å². The van der Waals surface area contributed by atoms with Gasteiger partial charge in [0.05, 0.1) is 0 Å². The van der Waals surface area contributed by atoms with Crippen LogP contribution in [0.2, 0.25) is 0 Å². The Hall–Kier alpha value is -1.32. The molecule has 1 atom stereocenters. The Morgan fingerprint density at radius 3 is 3.08 bits per heavy atom. The van der Waals surface area contributed by atoms with E-state index in [1.54, 1.807) is 11.1 Å². The van der Waals surface area contributed by atoms with Crippen molar-refractivity contribution in [1.82, 2.24) is 10.3 Å². The number of hydrogen-bond acceptors (Lipinski definition) is 3. The molecule has 0 fully saturated rings. The van der Waals surface area contributed by atoms with Gasteiger partial charge in [0.1, 0.15) is 6.17 Å². The Labute approximate surface area is 76.6 Å². The van der Waals surface area contributed by atoms with Gasteiger partial charge in [0, 0.05) is 11.9 Å². The molecule has 2 rings (SSSR count). The van der Waals surface area contributed by atoms with Crippen molar-refractivity contribution < 1.29 is 4.39 Å². The topological polar surface area (TPSA) is 27.6 Å². The molecule has 1 unspecified atom stereocenters. The van der Waals surface area contributed by atoms with Crippen molar-refractivity contribution in [3.05, 3.63) is 24.0 Å². The summed E-state index contributed by atoms with van der Waals surface area (Å²) in [4.78, 5) is 0. The van der Waals surface area contributed by atoms with Crippen LogP contribution in [0.25, 0.3) is 0 Å². The van der Waals surface area contributed by atoms with Gasteiger partial charge in [-0.15, -0.1) is 5.10 Å². The first-order chi connectivity index (χ1) is 6.16. The van der Waals surface area contributed by atoms with Crippen LogP contribution in [0.15, 0.2) is 29.2 Å². The molecule has 0 aliphatic carbocycles. The third-order valence-electron chi connectivity index (χ3n) is 2.12. The van der Waals surface area contributed by atoms with Gasteiger partial charge < -0.3 is 5.32 Å². The van der Waals surface area contributed by atoms with Crippen LogP contribution < -0.4 is 5.32 Å². The molecular formula is C9H12FN3. The molecule has 0 amide bonds. The molecule has 4 heteroatoms. The van der Waals surface area contributed by atoms with E-state index in [1.807, 2.05) is 6.20 Å². The van der Waals surface area contributed by atoms with E-state index >= 15 is 0 Å². The van der Waals surface area contributed by atoms with E-state index in [9.17, 15) is 4.39 Å². The van der Waals surface area contributed by atoms with Gasteiger partial charge >= 0.3 is 0 Å². The highest BCUT2D eigenvalue weighted by atomic mass is 19.1. The zero-order valence-electron chi connectivity index (χ0n) is 7.66. The summed E-state index contributed by atoms with van der Waals surface area (Å²) >= 11 is 0. The first-order valence-electron chi connectivity index (χ1n) is 4.36. The number of nitrogens with one attached hydrogen (secondary N) is 1. The van der Waals surface area contributed by atoms with Crippen molar-refractivity contribution in [2.24, 2.45) is 11.0 Å². The van der Waals surface area contributed by atoms with Crippen LogP contribution in [0.5, 0.6) is 0 Å². The Morgan fingerprint density at radius 1 is 1.62 bits per heavy atom. The quantitative estimate of drug-likeness (QED) is 0.665. The van der Waals surface area contributed by atoms with E-state index in [2.05, 4.69) is 24.3 Å². The largest absolute Gasteiger partial charge is 0.362 e. The molecule has 70 valence electrons. The Bertz CT molecular complexity index is 304. The van der Waals surface area contributed by atoms with Crippen molar-refractivity contribution >= 4 is 5.97 Å². The molecule has 2 heterocycles. The highest BCUT2D eigenvalue weighted by Crippen LogP contribution is 2.20. The summed E-state index contributed by atoms with van der Waals surface area (Å²) in [7, 11) is 0. The summed E-state index contributed by atoms with van der Waals surface area (Å²) in [5, 5.41) is 8.58. The average Bonchev–Trinajstić information content (AvgIpc) is 2.46. The maximum absolute atomic E-state index is 12.7. The molecule has 1 N–H and O–H groups in total. The lowest BCUT2D eigenvalue weighted by Crippen LogP contribution is -2.34. The summed E-state index contributed by atoms with van der Waals surface area (Å²) < 4.78 is 12.7. The first kappa shape index (κ1) is 8.29. The lowest BCUT2D eigenvalue weighted by atomic mass is 10.1. The van der Waals surface area contributed by atoms with Crippen molar-refractivity contribution in [2.75, 3.05) is 0 Å². The molecule has 0 spiro atoms. The van der Waals surface area contributed by atoms with Crippen LogP contribution in [-0.4, -0.2) is 17.1 Å². The molecule has 0 aromatic carbocycles. The minimum Gasteiger partial charge on any atom is -0.362 e. The summed E-state index contributed by atoms with van der Waals surface area (Å²) in [5.74, 6) is -0.0310. The maximum atomic E-state index is 12.7. The number of hydrazone groups is 1. The maximum Gasteiger partial charge on any atom is 0.231 e. The SMILES string of the molecule is CC(C)C1=CN2N=C(F)C=CC2N1. The fourth-order valence-corrected chi connectivity index (χ4v) is 1.35. The number of rotatable bonds is 1. The third-order valence-corrected chi connectivity index (χ3v) is 2.12. The van der Waals surface area contributed by atoms with Gasteiger partial charge in [-0.3, -0.25) is 0 Å². The van der Waals surface area contributed by atoms with Gasteiger partial charge in [-0.1, -0.05) is 13.8 Å². The van der Waals surface area contributed by atoms with Crippen LogP contribution in [0.1, 0.15) is 13.8 Å². The minimum atomic E-state index is -0.445. The van der Waals surface area contributed by atoms with Gasteiger partial charge in [-0.2, -0.15) is 4.39 Å². The van der Waals surface area contributed by atoms with Crippen LogP contribution >= 0.6 is 0 Å². The van der Waals surface area contributed by atoms with Crippen LogP contribution in [0.3, 0.4) is 0 Å². The summed E-state index contributed by atoms with van der Waals surface area (Å²) in [6.45, 7) is 4.17. The molecule has 3 nitrogen and oxygen atoms in total. The lowest BCUT2D eigenvalue weighted by molar-refractivity contribution is 0.330. The molecule has 0 radical (unpaired) electrons. The number of fused-ring (bicyclic) bond motifs is 1. The molecular weight excluding hydrogens is 169 g/mol. The molecule has 0 bridgehead atoms. The number of nitrogens with zero attached hydrogens (tertiary/aromatic N) is 2. The zero-order chi connectivity index (χ0) is 9.42. The highest BCUT2D eigenvalue weighted by Gasteiger charge is 2.25. The van der Waals surface area contributed by atoms with Gasteiger partial charge in [0.15, 0.2) is 0 Å². The Kier molecular flexibility index (Phi) is 1.83. The number of halogens is 1. The first-order valence-corrected chi connectivity index (χ1v) is 4.36. The monoisotopic (exact) mass is 181 g/mol. The van der Waals surface area contributed by atoms with Crippen molar-refractivity contribution in [3.63, 3.8) is 0 Å². The molecule has 0 aromatic rings. The fourth-order valence-electron chi connectivity index (χ4n) is 1.35. The van der Waals surface area contributed by atoms with E-state index in [-0.39, 0.29) is 6.17 Å². The van der Waals surface area contributed by atoms with Crippen molar-refractivity contribution in [1.29, 1.82) is 0 Å². The minimum absolute atomic E-state index is 0.00287. The second-order valence-corrected chi connectivity index (χ2v) is 3.49. The van der Waals surface area contributed by atoms with E-state index in [0.717, 1.165) is 5.70 Å². The lowest BCUT2D eigenvalue weighted by Gasteiger charge is -2.20. The third kappa shape index (κ3) is 1.43. The molecule has 13 heavy (non-hydrogen) atoms. The van der Waals surface area contributed by atoms with Gasteiger partial charge in [-0.05, 0) is 18.1 Å². The molecule has 0 aromatic heterocycles. The van der Waals surface area contributed by atoms with Crippen molar-refractivity contribution in [2.45, 2.75) is 20.0 Å². The smallest absolute Gasteiger partial charge is 0.231 e. The van der Waals surface area contributed by atoms with Gasteiger partial charge in [0.25, 0.3) is 0 Å². The second-order valence-electron chi connectivity index (χ2n) is 3.49.